The first kappa shape index (κ1) is 13.3. The number of rotatable bonds is 3. The van der Waals surface area contributed by atoms with Crippen molar-refractivity contribution >= 4 is 0 Å². The number of hydrogen-bond donors (Lipinski definition) is 1. The van der Waals surface area contributed by atoms with E-state index in [9.17, 15) is 0 Å². The smallest absolute Gasteiger partial charge is 0.0795 e. The summed E-state index contributed by atoms with van der Waals surface area (Å²) in [6, 6.07) is 14.9. The number of nitrogens with zero attached hydrogens (tertiary/aromatic N) is 2. The molecule has 3 nitrogen and oxygen atoms in total. The van der Waals surface area contributed by atoms with E-state index < -0.39 is 0 Å². The van der Waals surface area contributed by atoms with Gasteiger partial charge in [0.15, 0.2) is 0 Å². The monoisotopic (exact) mass is 289 g/mol. The minimum absolute atomic E-state index is 0.722. The van der Waals surface area contributed by atoms with Crippen LogP contribution in [-0.2, 0) is 0 Å². The van der Waals surface area contributed by atoms with Crippen LogP contribution in [0.25, 0.3) is 22.5 Å². The van der Waals surface area contributed by atoms with Crippen LogP contribution in [0.5, 0.6) is 0 Å². The molecule has 2 heterocycles. The average molecular weight is 289 g/mol. The van der Waals surface area contributed by atoms with E-state index in [0.717, 1.165) is 22.9 Å². The molecule has 1 saturated carbocycles. The SMILES string of the molecule is c1cc(-c2ncccc2-c2ccn[nH]2)cc(C2CCCC2)c1. The van der Waals surface area contributed by atoms with E-state index >= 15 is 0 Å². The van der Waals surface area contributed by atoms with Crippen molar-refractivity contribution in [2.24, 2.45) is 0 Å². The lowest BCUT2D eigenvalue weighted by Gasteiger charge is -2.12. The fourth-order valence-corrected chi connectivity index (χ4v) is 3.46. The molecule has 0 aliphatic heterocycles. The Morgan fingerprint density at radius 1 is 0.955 bits per heavy atom. The van der Waals surface area contributed by atoms with Gasteiger partial charge in [0, 0.05) is 23.5 Å². The first-order valence-electron chi connectivity index (χ1n) is 7.97. The molecule has 1 N–H and O–H groups in total. The molecular weight excluding hydrogens is 270 g/mol. The molecule has 0 spiro atoms. The van der Waals surface area contributed by atoms with Crippen LogP contribution in [0.2, 0.25) is 0 Å². The van der Waals surface area contributed by atoms with E-state index in [4.69, 9.17) is 0 Å². The van der Waals surface area contributed by atoms with Crippen molar-refractivity contribution in [2.45, 2.75) is 31.6 Å². The number of hydrogen-bond acceptors (Lipinski definition) is 2. The van der Waals surface area contributed by atoms with E-state index in [1.807, 2.05) is 18.3 Å². The van der Waals surface area contributed by atoms with Gasteiger partial charge in [-0.15, -0.1) is 0 Å². The minimum Gasteiger partial charge on any atom is -0.278 e. The van der Waals surface area contributed by atoms with E-state index in [1.54, 1.807) is 6.20 Å². The summed E-state index contributed by atoms with van der Waals surface area (Å²) < 4.78 is 0. The van der Waals surface area contributed by atoms with Gasteiger partial charge in [0.2, 0.25) is 0 Å². The third-order valence-corrected chi connectivity index (χ3v) is 4.59. The lowest BCUT2D eigenvalue weighted by molar-refractivity contribution is 0.723. The first-order chi connectivity index (χ1) is 10.9. The van der Waals surface area contributed by atoms with Gasteiger partial charge in [0.1, 0.15) is 0 Å². The van der Waals surface area contributed by atoms with Gasteiger partial charge in [-0.1, -0.05) is 31.0 Å². The Morgan fingerprint density at radius 2 is 1.86 bits per heavy atom. The van der Waals surface area contributed by atoms with Crippen LogP contribution in [0.4, 0.5) is 0 Å². The maximum absolute atomic E-state index is 4.62. The third kappa shape index (κ3) is 2.43. The molecule has 0 bridgehead atoms. The van der Waals surface area contributed by atoms with Gasteiger partial charge in [-0.05, 0) is 48.6 Å². The van der Waals surface area contributed by atoms with Crippen LogP contribution >= 0.6 is 0 Å². The Balaban J connectivity index is 1.78. The maximum Gasteiger partial charge on any atom is 0.0795 e. The molecule has 1 aromatic carbocycles. The number of H-pyrrole nitrogens is 1. The lowest BCUT2D eigenvalue weighted by Crippen LogP contribution is -1.94. The number of aromatic amines is 1. The Bertz CT molecular complexity index is 756. The number of nitrogens with one attached hydrogen (secondary N) is 1. The molecule has 3 heteroatoms. The second kappa shape index (κ2) is 5.76. The number of pyridine rings is 1. The second-order valence-electron chi connectivity index (χ2n) is 5.98. The van der Waals surface area contributed by atoms with Gasteiger partial charge in [-0.3, -0.25) is 10.1 Å². The van der Waals surface area contributed by atoms with Crippen LogP contribution in [0.15, 0.2) is 54.9 Å². The predicted molar refractivity (Wildman–Crippen MR) is 88.5 cm³/mol. The molecule has 0 saturated heterocycles. The zero-order chi connectivity index (χ0) is 14.8. The van der Waals surface area contributed by atoms with E-state index in [0.29, 0.717) is 0 Å². The molecule has 0 amide bonds. The van der Waals surface area contributed by atoms with Crippen LogP contribution in [0.1, 0.15) is 37.2 Å². The molecular formula is C19H19N3. The molecule has 0 unspecified atom stereocenters. The van der Waals surface area contributed by atoms with Crippen LogP contribution in [0, 0.1) is 0 Å². The molecule has 2 aromatic heterocycles. The Morgan fingerprint density at radius 3 is 2.68 bits per heavy atom. The fourth-order valence-electron chi connectivity index (χ4n) is 3.46. The summed E-state index contributed by atoms with van der Waals surface area (Å²) in [5, 5.41) is 7.10. The summed E-state index contributed by atoms with van der Waals surface area (Å²) in [4.78, 5) is 4.62. The van der Waals surface area contributed by atoms with Gasteiger partial charge in [0.25, 0.3) is 0 Å². The summed E-state index contributed by atoms with van der Waals surface area (Å²) in [6.45, 7) is 0. The third-order valence-electron chi connectivity index (χ3n) is 4.59. The highest BCUT2D eigenvalue weighted by molar-refractivity contribution is 5.78. The molecule has 110 valence electrons. The van der Waals surface area contributed by atoms with Crippen LogP contribution in [-0.4, -0.2) is 15.2 Å². The van der Waals surface area contributed by atoms with E-state index in [1.165, 1.54) is 36.8 Å². The molecule has 0 atom stereocenters. The van der Waals surface area contributed by atoms with Gasteiger partial charge >= 0.3 is 0 Å². The van der Waals surface area contributed by atoms with Gasteiger partial charge in [-0.25, -0.2) is 0 Å². The van der Waals surface area contributed by atoms with Crippen molar-refractivity contribution in [1.82, 2.24) is 15.2 Å². The quantitative estimate of drug-likeness (QED) is 0.752. The molecule has 1 aliphatic carbocycles. The summed E-state index contributed by atoms with van der Waals surface area (Å²) in [5.74, 6) is 0.722. The highest BCUT2D eigenvalue weighted by Crippen LogP contribution is 2.36. The summed E-state index contributed by atoms with van der Waals surface area (Å²) in [5.41, 5.74) is 5.77. The highest BCUT2D eigenvalue weighted by atomic mass is 15.1. The van der Waals surface area contributed by atoms with Crippen LogP contribution in [0.3, 0.4) is 0 Å². The Hall–Kier alpha value is -2.42. The maximum atomic E-state index is 4.62. The summed E-state index contributed by atoms with van der Waals surface area (Å²) >= 11 is 0. The van der Waals surface area contributed by atoms with E-state index in [2.05, 4.69) is 45.5 Å². The molecule has 1 aliphatic rings. The highest BCUT2D eigenvalue weighted by Gasteiger charge is 2.18. The summed E-state index contributed by atoms with van der Waals surface area (Å²) in [7, 11) is 0. The zero-order valence-electron chi connectivity index (χ0n) is 12.5. The Kier molecular flexibility index (Phi) is 3.47. The zero-order valence-corrected chi connectivity index (χ0v) is 12.5. The van der Waals surface area contributed by atoms with Gasteiger partial charge < -0.3 is 0 Å². The van der Waals surface area contributed by atoms with Crippen molar-refractivity contribution in [3.63, 3.8) is 0 Å². The van der Waals surface area contributed by atoms with Crippen molar-refractivity contribution in [2.75, 3.05) is 0 Å². The van der Waals surface area contributed by atoms with Crippen molar-refractivity contribution in [1.29, 1.82) is 0 Å². The van der Waals surface area contributed by atoms with E-state index in [-0.39, 0.29) is 0 Å². The summed E-state index contributed by atoms with van der Waals surface area (Å²) in [6.07, 6.45) is 8.99. The predicted octanol–water partition coefficient (Wildman–Crippen LogP) is 4.80. The lowest BCUT2D eigenvalue weighted by atomic mass is 9.94. The minimum atomic E-state index is 0.722. The normalized spacial score (nSPS) is 15.3. The van der Waals surface area contributed by atoms with Crippen LogP contribution < -0.4 is 0 Å². The van der Waals surface area contributed by atoms with Crippen molar-refractivity contribution in [3.8, 4) is 22.5 Å². The molecule has 0 radical (unpaired) electrons. The number of benzene rings is 1. The van der Waals surface area contributed by atoms with Crippen molar-refractivity contribution in [3.05, 3.63) is 60.4 Å². The fraction of sp³-hybridized carbons (Fsp3) is 0.263. The molecule has 4 rings (SSSR count). The van der Waals surface area contributed by atoms with Crippen molar-refractivity contribution < 1.29 is 0 Å². The topological polar surface area (TPSA) is 41.6 Å². The largest absolute Gasteiger partial charge is 0.278 e. The average Bonchev–Trinajstić information content (AvgIpc) is 3.28. The first-order valence-corrected chi connectivity index (χ1v) is 7.97. The van der Waals surface area contributed by atoms with Gasteiger partial charge in [-0.2, -0.15) is 5.10 Å². The Labute approximate surface area is 130 Å². The second-order valence-corrected chi connectivity index (χ2v) is 5.98. The molecule has 22 heavy (non-hydrogen) atoms. The standard InChI is InChI=1S/C19H19N3/c1-2-6-14(5-1)15-7-3-8-16(13-15)19-17(9-4-11-20-19)18-10-12-21-22-18/h3-4,7-14H,1-2,5-6H2,(H,21,22). The van der Waals surface area contributed by atoms with Gasteiger partial charge in [0.05, 0.1) is 11.4 Å². The number of aromatic nitrogens is 3. The molecule has 1 fully saturated rings. The molecule has 3 aromatic rings.